The maximum atomic E-state index is 11.9. The number of carbonyl (C=O) groups is 1. The topological polar surface area (TPSA) is 50.4 Å². The molecule has 0 aliphatic carbocycles. The smallest absolute Gasteiger partial charge is 0.387 e. The second-order valence-electron chi connectivity index (χ2n) is 3.90. The summed E-state index contributed by atoms with van der Waals surface area (Å²) in [4.78, 5) is 11.5. The molecule has 1 amide bonds. The lowest BCUT2D eigenvalue weighted by Gasteiger charge is -2.07. The van der Waals surface area contributed by atoms with Gasteiger partial charge in [-0.2, -0.15) is 8.78 Å². The zero-order valence-electron chi connectivity index (χ0n) is 10.8. The van der Waals surface area contributed by atoms with Crippen LogP contribution < -0.4 is 15.4 Å². The molecule has 19 heavy (non-hydrogen) atoms. The van der Waals surface area contributed by atoms with Gasteiger partial charge in [-0.05, 0) is 24.2 Å². The van der Waals surface area contributed by atoms with E-state index in [1.54, 1.807) is 12.1 Å². The van der Waals surface area contributed by atoms with Gasteiger partial charge in [-0.3, -0.25) is 4.79 Å². The molecule has 1 aromatic rings. The maximum Gasteiger partial charge on any atom is 0.387 e. The van der Waals surface area contributed by atoms with Gasteiger partial charge in [0.05, 0.1) is 6.42 Å². The first-order valence-electron chi connectivity index (χ1n) is 6.13. The second-order valence-corrected chi connectivity index (χ2v) is 3.90. The maximum absolute atomic E-state index is 11.9. The SMILES string of the molecule is CCNCCNC(=O)Cc1ccc(OC(F)F)cc1. The average Bonchev–Trinajstić information content (AvgIpc) is 2.36. The number of hydrogen-bond donors (Lipinski definition) is 2. The molecule has 0 aliphatic heterocycles. The molecule has 0 radical (unpaired) electrons. The summed E-state index contributed by atoms with van der Waals surface area (Å²) in [7, 11) is 0. The fraction of sp³-hybridized carbons (Fsp3) is 0.462. The lowest BCUT2D eigenvalue weighted by molar-refractivity contribution is -0.120. The molecule has 0 bridgehead atoms. The van der Waals surface area contributed by atoms with E-state index in [1.807, 2.05) is 6.92 Å². The van der Waals surface area contributed by atoms with Gasteiger partial charge in [-0.1, -0.05) is 19.1 Å². The largest absolute Gasteiger partial charge is 0.435 e. The molecule has 0 fully saturated rings. The van der Waals surface area contributed by atoms with E-state index in [2.05, 4.69) is 15.4 Å². The Bertz CT molecular complexity index is 383. The van der Waals surface area contributed by atoms with Crippen molar-refractivity contribution in [1.82, 2.24) is 10.6 Å². The van der Waals surface area contributed by atoms with E-state index in [0.717, 1.165) is 18.7 Å². The first-order valence-corrected chi connectivity index (χ1v) is 6.13. The number of likely N-dealkylation sites (N-methyl/N-ethyl adjacent to an activating group) is 1. The van der Waals surface area contributed by atoms with Crippen molar-refractivity contribution in [3.05, 3.63) is 29.8 Å². The molecule has 1 rings (SSSR count). The van der Waals surface area contributed by atoms with Gasteiger partial charge in [0.1, 0.15) is 5.75 Å². The summed E-state index contributed by atoms with van der Waals surface area (Å²) in [5.41, 5.74) is 0.752. The number of nitrogens with one attached hydrogen (secondary N) is 2. The van der Waals surface area contributed by atoms with Crippen LogP contribution in [-0.2, 0) is 11.2 Å². The van der Waals surface area contributed by atoms with Gasteiger partial charge >= 0.3 is 6.61 Å². The van der Waals surface area contributed by atoms with Crippen molar-refractivity contribution in [2.45, 2.75) is 20.0 Å². The third kappa shape index (κ3) is 6.71. The number of benzene rings is 1. The quantitative estimate of drug-likeness (QED) is 0.706. The molecular weight excluding hydrogens is 254 g/mol. The molecule has 2 N–H and O–H groups in total. The molecular formula is C13H18F2N2O2. The van der Waals surface area contributed by atoms with Crippen LogP contribution in [0.5, 0.6) is 5.75 Å². The predicted molar refractivity (Wildman–Crippen MR) is 68.3 cm³/mol. The van der Waals surface area contributed by atoms with Crippen LogP contribution in [0.3, 0.4) is 0 Å². The zero-order valence-corrected chi connectivity index (χ0v) is 10.8. The van der Waals surface area contributed by atoms with E-state index in [-0.39, 0.29) is 18.1 Å². The molecule has 0 saturated heterocycles. The highest BCUT2D eigenvalue weighted by Crippen LogP contribution is 2.15. The van der Waals surface area contributed by atoms with Crippen molar-refractivity contribution in [3.8, 4) is 5.75 Å². The Morgan fingerprint density at radius 2 is 1.95 bits per heavy atom. The lowest BCUT2D eigenvalue weighted by atomic mass is 10.1. The van der Waals surface area contributed by atoms with Gasteiger partial charge in [-0.15, -0.1) is 0 Å². The summed E-state index contributed by atoms with van der Waals surface area (Å²) >= 11 is 0. The van der Waals surface area contributed by atoms with E-state index in [4.69, 9.17) is 0 Å². The van der Waals surface area contributed by atoms with Gasteiger partial charge in [-0.25, -0.2) is 0 Å². The van der Waals surface area contributed by atoms with Gasteiger partial charge in [0.25, 0.3) is 0 Å². The van der Waals surface area contributed by atoms with Crippen molar-refractivity contribution >= 4 is 5.91 Å². The molecule has 4 nitrogen and oxygen atoms in total. The van der Waals surface area contributed by atoms with Gasteiger partial charge in [0, 0.05) is 13.1 Å². The molecule has 0 aromatic heterocycles. The minimum Gasteiger partial charge on any atom is -0.435 e. The van der Waals surface area contributed by atoms with Gasteiger partial charge < -0.3 is 15.4 Å². The van der Waals surface area contributed by atoms with Crippen molar-refractivity contribution in [3.63, 3.8) is 0 Å². The van der Waals surface area contributed by atoms with Crippen LogP contribution in [0, 0.1) is 0 Å². The molecule has 0 saturated carbocycles. The Kier molecular flexibility index (Phi) is 6.81. The number of ether oxygens (including phenoxy) is 1. The van der Waals surface area contributed by atoms with E-state index in [9.17, 15) is 13.6 Å². The number of carbonyl (C=O) groups excluding carboxylic acids is 1. The molecule has 0 atom stereocenters. The second kappa shape index (κ2) is 8.42. The normalized spacial score (nSPS) is 10.5. The Morgan fingerprint density at radius 1 is 1.26 bits per heavy atom. The van der Waals surface area contributed by atoms with Crippen LogP contribution in [0.4, 0.5) is 8.78 Å². The van der Waals surface area contributed by atoms with Gasteiger partial charge in [0.15, 0.2) is 0 Å². The number of halogens is 2. The van der Waals surface area contributed by atoms with Crippen molar-refractivity contribution in [2.24, 2.45) is 0 Å². The third-order valence-corrected chi connectivity index (χ3v) is 2.39. The third-order valence-electron chi connectivity index (χ3n) is 2.39. The summed E-state index contributed by atoms with van der Waals surface area (Å²) in [5, 5.41) is 5.85. The summed E-state index contributed by atoms with van der Waals surface area (Å²) < 4.78 is 28.1. The minimum absolute atomic E-state index is 0.0892. The van der Waals surface area contributed by atoms with Crippen LogP contribution in [0.1, 0.15) is 12.5 Å². The van der Waals surface area contributed by atoms with E-state index in [1.165, 1.54) is 12.1 Å². The highest BCUT2D eigenvalue weighted by molar-refractivity contribution is 5.78. The van der Waals surface area contributed by atoms with Crippen molar-refractivity contribution < 1.29 is 18.3 Å². The van der Waals surface area contributed by atoms with E-state index >= 15 is 0 Å². The fourth-order valence-corrected chi connectivity index (χ4v) is 1.50. The molecule has 0 aliphatic rings. The van der Waals surface area contributed by atoms with Crippen molar-refractivity contribution in [2.75, 3.05) is 19.6 Å². The molecule has 106 valence electrons. The summed E-state index contributed by atoms with van der Waals surface area (Å²) in [5.74, 6) is -0.00765. The van der Waals surface area contributed by atoms with E-state index < -0.39 is 6.61 Å². The summed E-state index contributed by atoms with van der Waals surface area (Å²) in [6.07, 6.45) is 0.223. The number of amides is 1. The van der Waals surface area contributed by atoms with Gasteiger partial charge in [0.2, 0.25) is 5.91 Å². The Balaban J connectivity index is 2.34. The fourth-order valence-electron chi connectivity index (χ4n) is 1.50. The Hall–Kier alpha value is -1.69. The first-order chi connectivity index (χ1) is 9.11. The van der Waals surface area contributed by atoms with E-state index in [0.29, 0.717) is 6.54 Å². The number of rotatable bonds is 8. The standard InChI is InChI=1S/C13H18F2N2O2/c1-2-16-7-8-17-12(18)9-10-3-5-11(6-4-10)19-13(14)15/h3-6,13,16H,2,7-9H2,1H3,(H,17,18). The van der Waals surface area contributed by atoms with Crippen LogP contribution in [0.25, 0.3) is 0 Å². The van der Waals surface area contributed by atoms with Crippen LogP contribution in [0.2, 0.25) is 0 Å². The zero-order chi connectivity index (χ0) is 14.1. The Labute approximate surface area is 111 Å². The summed E-state index contributed by atoms with van der Waals surface area (Å²) in [6.45, 7) is 1.31. The molecule has 0 spiro atoms. The highest BCUT2D eigenvalue weighted by Gasteiger charge is 2.05. The van der Waals surface area contributed by atoms with Crippen LogP contribution in [0.15, 0.2) is 24.3 Å². The predicted octanol–water partition coefficient (Wildman–Crippen LogP) is 1.56. The van der Waals surface area contributed by atoms with Crippen molar-refractivity contribution in [1.29, 1.82) is 0 Å². The molecule has 6 heteroatoms. The minimum atomic E-state index is -2.83. The highest BCUT2D eigenvalue weighted by atomic mass is 19.3. The Morgan fingerprint density at radius 3 is 2.53 bits per heavy atom. The van der Waals surface area contributed by atoms with Crippen LogP contribution >= 0.6 is 0 Å². The molecule has 0 heterocycles. The first kappa shape index (κ1) is 15.4. The lowest BCUT2D eigenvalue weighted by Crippen LogP contribution is -2.32. The number of hydrogen-bond acceptors (Lipinski definition) is 3. The van der Waals surface area contributed by atoms with Crippen LogP contribution in [-0.4, -0.2) is 32.2 Å². The molecule has 0 unspecified atom stereocenters. The average molecular weight is 272 g/mol. The number of alkyl halides is 2. The summed E-state index contributed by atoms with van der Waals surface area (Å²) in [6, 6.07) is 6.05. The monoisotopic (exact) mass is 272 g/mol. The molecule has 1 aromatic carbocycles.